The molecule has 31 heavy (non-hydrogen) atoms. The zero-order chi connectivity index (χ0) is 21.4. The van der Waals surface area contributed by atoms with Crippen LogP contribution in [0.2, 0.25) is 0 Å². The smallest absolute Gasteiger partial charge is 0.267 e. The van der Waals surface area contributed by atoms with Crippen LogP contribution in [-0.4, -0.2) is 22.7 Å². The zero-order valence-corrected chi connectivity index (χ0v) is 16.9. The van der Waals surface area contributed by atoms with Crippen molar-refractivity contribution >= 4 is 40.4 Å². The molecule has 1 aromatic heterocycles. The van der Waals surface area contributed by atoms with Gasteiger partial charge in [0.25, 0.3) is 17.7 Å². The number of fused-ring (bicyclic) bond motifs is 1. The Labute approximate surface area is 181 Å². The van der Waals surface area contributed by atoms with E-state index < -0.39 is 0 Å². The van der Waals surface area contributed by atoms with Gasteiger partial charge in [-0.15, -0.1) is 11.3 Å². The lowest BCUT2D eigenvalue weighted by Gasteiger charge is -2.15. The maximum absolute atomic E-state index is 12.7. The van der Waals surface area contributed by atoms with E-state index in [9.17, 15) is 14.4 Å². The number of thiazole rings is 1. The van der Waals surface area contributed by atoms with E-state index in [1.807, 2.05) is 30.3 Å². The van der Waals surface area contributed by atoms with E-state index in [4.69, 9.17) is 0 Å². The summed E-state index contributed by atoms with van der Waals surface area (Å²) in [6.07, 6.45) is 1.54. The number of nitrogens with one attached hydrogen (secondary N) is 1. The van der Waals surface area contributed by atoms with Crippen LogP contribution in [0.4, 0.5) is 11.4 Å². The third-order valence-electron chi connectivity index (χ3n) is 4.91. The van der Waals surface area contributed by atoms with Crippen molar-refractivity contribution in [2.75, 3.05) is 10.2 Å². The van der Waals surface area contributed by atoms with Crippen molar-refractivity contribution in [3.8, 4) is 10.6 Å². The van der Waals surface area contributed by atoms with Crippen LogP contribution in [0.15, 0.2) is 85.1 Å². The summed E-state index contributed by atoms with van der Waals surface area (Å²) in [5.41, 5.74) is 2.58. The maximum atomic E-state index is 12.7. The van der Waals surface area contributed by atoms with Gasteiger partial charge >= 0.3 is 0 Å². The molecule has 0 fully saturated rings. The number of anilines is 2. The number of rotatable bonds is 4. The first-order valence-electron chi connectivity index (χ1n) is 9.52. The number of amides is 3. The highest BCUT2D eigenvalue weighted by Gasteiger charge is 2.36. The minimum atomic E-state index is -0.376. The molecule has 0 radical (unpaired) electrons. The summed E-state index contributed by atoms with van der Waals surface area (Å²) >= 11 is 1.29. The number of carbonyl (C=O) groups is 3. The molecule has 2 heterocycles. The van der Waals surface area contributed by atoms with Crippen LogP contribution in [0.1, 0.15) is 30.4 Å². The van der Waals surface area contributed by atoms with E-state index >= 15 is 0 Å². The van der Waals surface area contributed by atoms with Crippen LogP contribution in [0.25, 0.3) is 10.6 Å². The number of benzene rings is 3. The van der Waals surface area contributed by atoms with Gasteiger partial charge < -0.3 is 5.32 Å². The summed E-state index contributed by atoms with van der Waals surface area (Å²) in [5.74, 6) is -1.06. The molecule has 1 aliphatic rings. The molecular formula is C24H15N3O3S. The molecule has 6 nitrogen and oxygen atoms in total. The number of imide groups is 1. The topological polar surface area (TPSA) is 79.4 Å². The van der Waals surface area contributed by atoms with Crippen molar-refractivity contribution in [1.29, 1.82) is 0 Å². The Bertz CT molecular complexity index is 1300. The van der Waals surface area contributed by atoms with Crippen molar-refractivity contribution in [3.05, 3.63) is 101 Å². The monoisotopic (exact) mass is 425 g/mol. The first-order valence-corrected chi connectivity index (χ1v) is 10.3. The second-order valence-electron chi connectivity index (χ2n) is 6.89. The molecule has 0 saturated carbocycles. The van der Waals surface area contributed by atoms with Crippen molar-refractivity contribution in [1.82, 2.24) is 4.98 Å². The van der Waals surface area contributed by atoms with Crippen molar-refractivity contribution in [2.45, 2.75) is 0 Å². The standard InChI is InChI=1S/C24H15N3O3S/c28-21(20-14-25-22(31-20)15-7-2-1-3-8-15)26-16-9-6-10-17(13-16)27-23(29)18-11-4-5-12-19(18)24(27)30/h1-14H,(H,26,28). The van der Waals surface area contributed by atoms with E-state index in [0.29, 0.717) is 27.4 Å². The second kappa shape index (κ2) is 7.62. The van der Waals surface area contributed by atoms with Crippen LogP contribution in [0, 0.1) is 0 Å². The quantitative estimate of drug-likeness (QED) is 0.474. The van der Waals surface area contributed by atoms with Gasteiger partial charge in [-0.05, 0) is 30.3 Å². The number of hydrogen-bond acceptors (Lipinski definition) is 5. The molecule has 4 aromatic rings. The summed E-state index contributed by atoms with van der Waals surface area (Å²) < 4.78 is 0. The molecule has 0 saturated heterocycles. The molecule has 1 aliphatic heterocycles. The molecule has 3 aromatic carbocycles. The van der Waals surface area contributed by atoms with Crippen LogP contribution < -0.4 is 10.2 Å². The number of hydrogen-bond donors (Lipinski definition) is 1. The van der Waals surface area contributed by atoms with Crippen LogP contribution in [0.5, 0.6) is 0 Å². The Hall–Kier alpha value is -4.10. The molecule has 0 spiro atoms. The first-order chi connectivity index (χ1) is 15.1. The first kappa shape index (κ1) is 18.9. The van der Waals surface area contributed by atoms with Crippen molar-refractivity contribution in [2.24, 2.45) is 0 Å². The predicted molar refractivity (Wildman–Crippen MR) is 120 cm³/mol. The molecule has 150 valence electrons. The average Bonchev–Trinajstić information content (AvgIpc) is 3.39. The third-order valence-corrected chi connectivity index (χ3v) is 5.95. The molecule has 3 amide bonds. The van der Waals surface area contributed by atoms with Crippen molar-refractivity contribution in [3.63, 3.8) is 0 Å². The molecule has 1 N–H and O–H groups in total. The molecule has 0 aliphatic carbocycles. The van der Waals surface area contributed by atoms with E-state index in [0.717, 1.165) is 15.5 Å². The van der Waals surface area contributed by atoms with E-state index in [-0.39, 0.29) is 17.7 Å². The Balaban J connectivity index is 1.37. The van der Waals surface area contributed by atoms with E-state index in [1.54, 1.807) is 48.5 Å². The lowest BCUT2D eigenvalue weighted by atomic mass is 10.1. The lowest BCUT2D eigenvalue weighted by molar-refractivity contribution is 0.0925. The number of nitrogens with zero attached hydrogens (tertiary/aromatic N) is 2. The lowest BCUT2D eigenvalue weighted by Crippen LogP contribution is -2.29. The number of aromatic nitrogens is 1. The Morgan fingerprint density at radius 3 is 2.23 bits per heavy atom. The molecule has 0 atom stereocenters. The maximum Gasteiger partial charge on any atom is 0.267 e. The van der Waals surface area contributed by atoms with Gasteiger partial charge in [0.2, 0.25) is 0 Å². The Kier molecular flexibility index (Phi) is 4.65. The fourth-order valence-electron chi connectivity index (χ4n) is 3.43. The van der Waals surface area contributed by atoms with E-state index in [2.05, 4.69) is 10.3 Å². The molecule has 5 rings (SSSR count). The minimum Gasteiger partial charge on any atom is -0.321 e. The SMILES string of the molecule is O=C(Nc1cccc(N2C(=O)c3ccccc3C2=O)c1)c1cnc(-c2ccccc2)s1. The predicted octanol–water partition coefficient (Wildman–Crippen LogP) is 4.86. The summed E-state index contributed by atoms with van der Waals surface area (Å²) in [6.45, 7) is 0. The highest BCUT2D eigenvalue weighted by atomic mass is 32.1. The van der Waals surface area contributed by atoms with Gasteiger partial charge in [-0.1, -0.05) is 48.5 Å². The van der Waals surface area contributed by atoms with Gasteiger partial charge in [0.15, 0.2) is 0 Å². The summed E-state index contributed by atoms with van der Waals surface area (Å²) in [6, 6.07) is 23.0. The molecular weight excluding hydrogens is 410 g/mol. The van der Waals surface area contributed by atoms with Crippen molar-refractivity contribution < 1.29 is 14.4 Å². The Morgan fingerprint density at radius 1 is 0.839 bits per heavy atom. The van der Waals surface area contributed by atoms with Crippen LogP contribution in [0.3, 0.4) is 0 Å². The van der Waals surface area contributed by atoms with Crippen LogP contribution >= 0.6 is 11.3 Å². The minimum absolute atomic E-state index is 0.306. The van der Waals surface area contributed by atoms with Gasteiger partial charge in [-0.2, -0.15) is 0 Å². The summed E-state index contributed by atoms with van der Waals surface area (Å²) in [5, 5.41) is 3.58. The fourth-order valence-corrected chi connectivity index (χ4v) is 4.25. The largest absolute Gasteiger partial charge is 0.321 e. The van der Waals surface area contributed by atoms with E-state index in [1.165, 1.54) is 17.5 Å². The van der Waals surface area contributed by atoms with Crippen LogP contribution in [-0.2, 0) is 0 Å². The molecule has 0 bridgehead atoms. The van der Waals surface area contributed by atoms with Gasteiger partial charge in [-0.25, -0.2) is 9.88 Å². The zero-order valence-electron chi connectivity index (χ0n) is 16.1. The normalized spacial score (nSPS) is 12.7. The highest BCUT2D eigenvalue weighted by molar-refractivity contribution is 7.17. The molecule has 7 heteroatoms. The van der Waals surface area contributed by atoms with Gasteiger partial charge in [0, 0.05) is 11.3 Å². The summed E-state index contributed by atoms with van der Waals surface area (Å²) in [4.78, 5) is 44.1. The average molecular weight is 425 g/mol. The fraction of sp³-hybridized carbons (Fsp3) is 0. The second-order valence-corrected chi connectivity index (χ2v) is 7.92. The summed E-state index contributed by atoms with van der Waals surface area (Å²) in [7, 11) is 0. The Morgan fingerprint density at radius 2 is 1.52 bits per heavy atom. The van der Waals surface area contributed by atoms with Gasteiger partial charge in [0.1, 0.15) is 9.88 Å². The highest BCUT2D eigenvalue weighted by Crippen LogP contribution is 2.30. The molecule has 0 unspecified atom stereocenters. The van der Waals surface area contributed by atoms with Gasteiger partial charge in [0.05, 0.1) is 23.0 Å². The number of carbonyl (C=O) groups excluding carboxylic acids is 3. The van der Waals surface area contributed by atoms with Gasteiger partial charge in [-0.3, -0.25) is 14.4 Å². The third kappa shape index (κ3) is 3.41.